The van der Waals surface area contributed by atoms with Gasteiger partial charge in [0.1, 0.15) is 0 Å². The van der Waals surface area contributed by atoms with Crippen molar-refractivity contribution in [3.8, 4) is 0 Å². The Bertz CT molecular complexity index is 343. The molecule has 1 aromatic rings. The Morgan fingerprint density at radius 2 is 1.85 bits per heavy atom. The van der Waals surface area contributed by atoms with Gasteiger partial charge in [-0.1, -0.05) is 30.3 Å². The van der Waals surface area contributed by atoms with Gasteiger partial charge in [-0.15, -0.1) is 0 Å². The number of hydrogen-bond donors (Lipinski definition) is 1. The number of aliphatic hydroxyl groups excluding tert-OH is 1. The van der Waals surface area contributed by atoms with Crippen LogP contribution in [0.3, 0.4) is 0 Å². The third-order valence-electron chi connectivity index (χ3n) is 2.81. The molecule has 1 rings (SSSR count). The van der Waals surface area contributed by atoms with Crippen LogP contribution in [0, 0.1) is 0 Å². The van der Waals surface area contributed by atoms with Crippen molar-refractivity contribution in [2.75, 3.05) is 33.4 Å². The SMILES string of the molecule is CC(C)OCCOC[C@@H](O)CN(C)Cc1ccccc1. The first-order valence-electron chi connectivity index (χ1n) is 7.18. The van der Waals surface area contributed by atoms with Crippen molar-refractivity contribution in [1.29, 1.82) is 0 Å². The zero-order chi connectivity index (χ0) is 14.8. The fourth-order valence-electron chi connectivity index (χ4n) is 1.93. The van der Waals surface area contributed by atoms with Gasteiger partial charge in [-0.2, -0.15) is 0 Å². The van der Waals surface area contributed by atoms with Crippen LogP contribution in [0.1, 0.15) is 19.4 Å². The number of hydrogen-bond acceptors (Lipinski definition) is 4. The first-order valence-corrected chi connectivity index (χ1v) is 7.18. The van der Waals surface area contributed by atoms with Crippen LogP contribution < -0.4 is 0 Å². The summed E-state index contributed by atoms with van der Waals surface area (Å²) in [6, 6.07) is 10.2. The van der Waals surface area contributed by atoms with Gasteiger partial charge >= 0.3 is 0 Å². The normalized spacial score (nSPS) is 13.1. The Hall–Kier alpha value is -0.940. The average Bonchev–Trinajstić information content (AvgIpc) is 2.38. The van der Waals surface area contributed by atoms with E-state index in [-0.39, 0.29) is 6.10 Å². The average molecular weight is 281 g/mol. The third-order valence-corrected chi connectivity index (χ3v) is 2.81. The van der Waals surface area contributed by atoms with Crippen molar-refractivity contribution in [1.82, 2.24) is 4.90 Å². The molecule has 0 bridgehead atoms. The maximum Gasteiger partial charge on any atom is 0.0900 e. The molecule has 0 heterocycles. The molecular weight excluding hydrogens is 254 g/mol. The molecule has 0 saturated carbocycles. The molecule has 4 heteroatoms. The van der Waals surface area contributed by atoms with Crippen molar-refractivity contribution in [3.05, 3.63) is 35.9 Å². The highest BCUT2D eigenvalue weighted by Crippen LogP contribution is 2.03. The molecule has 0 fully saturated rings. The third kappa shape index (κ3) is 8.27. The second kappa shape index (κ2) is 9.88. The molecule has 0 amide bonds. The zero-order valence-corrected chi connectivity index (χ0v) is 12.8. The lowest BCUT2D eigenvalue weighted by Crippen LogP contribution is -2.32. The second-order valence-corrected chi connectivity index (χ2v) is 5.33. The minimum absolute atomic E-state index is 0.223. The van der Waals surface area contributed by atoms with Crippen molar-refractivity contribution in [2.45, 2.75) is 32.6 Å². The van der Waals surface area contributed by atoms with E-state index < -0.39 is 6.10 Å². The van der Waals surface area contributed by atoms with Crippen molar-refractivity contribution in [3.63, 3.8) is 0 Å². The molecule has 1 N–H and O–H groups in total. The van der Waals surface area contributed by atoms with E-state index in [0.29, 0.717) is 26.4 Å². The molecule has 114 valence electrons. The molecule has 0 spiro atoms. The van der Waals surface area contributed by atoms with E-state index in [4.69, 9.17) is 9.47 Å². The molecule has 1 atom stereocenters. The predicted octanol–water partition coefficient (Wildman–Crippen LogP) is 1.92. The van der Waals surface area contributed by atoms with Gasteiger partial charge in [0.15, 0.2) is 0 Å². The van der Waals surface area contributed by atoms with Crippen molar-refractivity contribution >= 4 is 0 Å². The highest BCUT2D eigenvalue weighted by atomic mass is 16.5. The minimum Gasteiger partial charge on any atom is -0.389 e. The van der Waals surface area contributed by atoms with Gasteiger partial charge in [-0.05, 0) is 26.5 Å². The molecule has 1 aromatic carbocycles. The Balaban J connectivity index is 2.10. The zero-order valence-electron chi connectivity index (χ0n) is 12.8. The number of likely N-dealkylation sites (N-methyl/N-ethyl adjacent to an activating group) is 1. The molecule has 0 aliphatic rings. The van der Waals surface area contributed by atoms with Gasteiger partial charge in [-0.3, -0.25) is 4.90 Å². The minimum atomic E-state index is -0.470. The lowest BCUT2D eigenvalue weighted by molar-refractivity contribution is -0.0174. The first kappa shape index (κ1) is 17.1. The lowest BCUT2D eigenvalue weighted by Gasteiger charge is -2.20. The summed E-state index contributed by atoms with van der Waals surface area (Å²) in [5, 5.41) is 9.90. The topological polar surface area (TPSA) is 41.9 Å². The van der Waals surface area contributed by atoms with E-state index in [0.717, 1.165) is 6.54 Å². The summed E-state index contributed by atoms with van der Waals surface area (Å²) in [6.07, 6.45) is -0.247. The van der Waals surface area contributed by atoms with Crippen LogP contribution in [0.2, 0.25) is 0 Å². The van der Waals surface area contributed by atoms with Crippen LogP contribution in [-0.4, -0.2) is 55.6 Å². The predicted molar refractivity (Wildman–Crippen MR) is 80.7 cm³/mol. The summed E-state index contributed by atoms with van der Waals surface area (Å²) in [5.74, 6) is 0. The number of rotatable bonds is 10. The fraction of sp³-hybridized carbons (Fsp3) is 0.625. The number of nitrogens with zero attached hydrogens (tertiary/aromatic N) is 1. The molecule has 0 aromatic heterocycles. The monoisotopic (exact) mass is 281 g/mol. The molecule has 20 heavy (non-hydrogen) atoms. The molecule has 4 nitrogen and oxygen atoms in total. The highest BCUT2D eigenvalue weighted by molar-refractivity contribution is 5.14. The van der Waals surface area contributed by atoms with E-state index in [9.17, 15) is 5.11 Å². The fourth-order valence-corrected chi connectivity index (χ4v) is 1.93. The summed E-state index contributed by atoms with van der Waals surface area (Å²) in [6.45, 7) is 6.86. The molecule has 0 saturated heterocycles. The Kier molecular flexibility index (Phi) is 8.46. The molecular formula is C16H27NO3. The van der Waals surface area contributed by atoms with Crippen LogP contribution in [-0.2, 0) is 16.0 Å². The maximum absolute atomic E-state index is 9.90. The highest BCUT2D eigenvalue weighted by Gasteiger charge is 2.08. The van der Waals surface area contributed by atoms with Crippen LogP contribution in [0.15, 0.2) is 30.3 Å². The van der Waals surface area contributed by atoms with E-state index in [1.165, 1.54) is 5.56 Å². The quantitative estimate of drug-likeness (QED) is 0.665. The van der Waals surface area contributed by atoms with E-state index >= 15 is 0 Å². The van der Waals surface area contributed by atoms with Gasteiger partial charge in [0.05, 0.1) is 32.0 Å². The lowest BCUT2D eigenvalue weighted by atomic mass is 10.2. The van der Waals surface area contributed by atoms with Gasteiger partial charge in [-0.25, -0.2) is 0 Å². The standard InChI is InChI=1S/C16H27NO3/c1-14(2)20-10-9-19-13-16(18)12-17(3)11-15-7-5-4-6-8-15/h4-8,14,16,18H,9-13H2,1-3H3/t16-/m0/s1. The van der Waals surface area contributed by atoms with Crippen LogP contribution in [0.4, 0.5) is 0 Å². The Labute approximate surface area is 122 Å². The van der Waals surface area contributed by atoms with Crippen LogP contribution >= 0.6 is 0 Å². The van der Waals surface area contributed by atoms with E-state index in [1.54, 1.807) is 0 Å². The molecule has 0 radical (unpaired) electrons. The van der Waals surface area contributed by atoms with Gasteiger partial charge < -0.3 is 14.6 Å². The summed E-state index contributed by atoms with van der Waals surface area (Å²) >= 11 is 0. The maximum atomic E-state index is 9.90. The summed E-state index contributed by atoms with van der Waals surface area (Å²) in [7, 11) is 2.00. The summed E-state index contributed by atoms with van der Waals surface area (Å²) in [5.41, 5.74) is 1.24. The Morgan fingerprint density at radius 3 is 2.50 bits per heavy atom. The number of ether oxygens (including phenoxy) is 2. The smallest absolute Gasteiger partial charge is 0.0900 e. The summed E-state index contributed by atoms with van der Waals surface area (Å²) in [4.78, 5) is 2.09. The molecule has 0 aliphatic heterocycles. The van der Waals surface area contributed by atoms with Crippen molar-refractivity contribution in [2.24, 2.45) is 0 Å². The van der Waals surface area contributed by atoms with Gasteiger partial charge in [0.2, 0.25) is 0 Å². The van der Waals surface area contributed by atoms with Crippen molar-refractivity contribution < 1.29 is 14.6 Å². The first-order chi connectivity index (χ1) is 9.58. The van der Waals surface area contributed by atoms with E-state index in [1.807, 2.05) is 39.1 Å². The Morgan fingerprint density at radius 1 is 1.15 bits per heavy atom. The van der Waals surface area contributed by atoms with Crippen LogP contribution in [0.5, 0.6) is 0 Å². The molecule has 0 unspecified atom stereocenters. The second-order valence-electron chi connectivity index (χ2n) is 5.33. The number of aliphatic hydroxyl groups is 1. The summed E-state index contributed by atoms with van der Waals surface area (Å²) < 4.78 is 10.8. The number of benzene rings is 1. The largest absolute Gasteiger partial charge is 0.389 e. The molecule has 0 aliphatic carbocycles. The van der Waals surface area contributed by atoms with Gasteiger partial charge in [0, 0.05) is 13.1 Å². The van der Waals surface area contributed by atoms with E-state index in [2.05, 4.69) is 17.0 Å². The van der Waals surface area contributed by atoms with Gasteiger partial charge in [0.25, 0.3) is 0 Å². The van der Waals surface area contributed by atoms with Crippen LogP contribution in [0.25, 0.3) is 0 Å².